The average Bonchev–Trinajstić information content (AvgIpc) is 2.34. The van der Waals surface area contributed by atoms with Gasteiger partial charge < -0.3 is 5.11 Å². The minimum atomic E-state index is -0.223. The van der Waals surface area contributed by atoms with Crippen LogP contribution in [0.3, 0.4) is 0 Å². The molecule has 0 saturated carbocycles. The fourth-order valence-corrected chi connectivity index (χ4v) is 2.05. The van der Waals surface area contributed by atoms with E-state index in [9.17, 15) is 9.50 Å². The van der Waals surface area contributed by atoms with E-state index in [-0.39, 0.29) is 18.0 Å². The highest BCUT2D eigenvalue weighted by molar-refractivity contribution is 5.20. The van der Waals surface area contributed by atoms with Gasteiger partial charge in [0.25, 0.3) is 0 Å². The van der Waals surface area contributed by atoms with Crippen LogP contribution >= 0.6 is 0 Å². The van der Waals surface area contributed by atoms with E-state index in [1.54, 1.807) is 6.07 Å². The molecule has 3 heteroatoms. The molecule has 0 radical (unpaired) electrons. The molecule has 102 valence electrons. The number of hydrogen-bond donors (Lipinski definition) is 1. The minimum absolute atomic E-state index is 0.0812. The monoisotopic (exact) mass is 253 g/mol. The molecule has 0 fully saturated rings. The normalized spacial score (nSPS) is 14.8. The van der Waals surface area contributed by atoms with E-state index in [1.807, 2.05) is 33.0 Å². The molecule has 2 unspecified atom stereocenters. The Morgan fingerprint density at radius 1 is 1.22 bits per heavy atom. The molecule has 0 heterocycles. The van der Waals surface area contributed by atoms with Gasteiger partial charge in [-0.15, -0.1) is 0 Å². The summed E-state index contributed by atoms with van der Waals surface area (Å²) in [5, 5.41) is 9.18. The van der Waals surface area contributed by atoms with Crippen molar-refractivity contribution in [3.63, 3.8) is 0 Å². The van der Waals surface area contributed by atoms with Gasteiger partial charge in [-0.3, -0.25) is 4.90 Å². The zero-order valence-electron chi connectivity index (χ0n) is 11.6. The van der Waals surface area contributed by atoms with E-state index < -0.39 is 0 Å². The van der Waals surface area contributed by atoms with Gasteiger partial charge in [0.2, 0.25) is 0 Å². The molecule has 0 spiro atoms. The Morgan fingerprint density at radius 2 is 1.89 bits per heavy atom. The van der Waals surface area contributed by atoms with Gasteiger partial charge in [-0.1, -0.05) is 18.2 Å². The first-order chi connectivity index (χ1) is 8.52. The number of halogens is 1. The second-order valence-electron chi connectivity index (χ2n) is 5.02. The summed E-state index contributed by atoms with van der Waals surface area (Å²) < 4.78 is 13.6. The van der Waals surface area contributed by atoms with Crippen LogP contribution in [-0.2, 0) is 0 Å². The molecular weight excluding hydrogens is 229 g/mol. The number of nitrogens with zero attached hydrogens (tertiary/aromatic N) is 1. The van der Waals surface area contributed by atoms with Gasteiger partial charge in [-0.2, -0.15) is 0 Å². The maximum absolute atomic E-state index is 13.6. The van der Waals surface area contributed by atoms with E-state index in [2.05, 4.69) is 4.90 Å². The summed E-state index contributed by atoms with van der Waals surface area (Å²) >= 11 is 0. The predicted molar refractivity (Wildman–Crippen MR) is 73.0 cm³/mol. The van der Waals surface area contributed by atoms with E-state index >= 15 is 0 Å². The smallest absolute Gasteiger partial charge is 0.127 e. The van der Waals surface area contributed by atoms with Crippen molar-refractivity contribution in [1.29, 1.82) is 0 Å². The van der Waals surface area contributed by atoms with Gasteiger partial charge in [-0.05, 0) is 52.8 Å². The van der Waals surface area contributed by atoms with Crippen molar-refractivity contribution < 1.29 is 9.50 Å². The third kappa shape index (κ3) is 4.75. The zero-order chi connectivity index (χ0) is 13.5. The number of rotatable bonds is 7. The molecule has 2 atom stereocenters. The number of unbranched alkanes of at least 4 members (excludes halogenated alkanes) is 1. The number of benzene rings is 1. The Kier molecular flexibility index (Phi) is 6.30. The summed E-state index contributed by atoms with van der Waals surface area (Å²) in [7, 11) is 2.01. The summed E-state index contributed by atoms with van der Waals surface area (Å²) in [5.41, 5.74) is 0.746. The molecule has 1 aromatic rings. The topological polar surface area (TPSA) is 23.5 Å². The molecule has 0 aromatic heterocycles. The highest BCUT2D eigenvalue weighted by Gasteiger charge is 2.14. The fourth-order valence-electron chi connectivity index (χ4n) is 2.05. The molecule has 0 aliphatic carbocycles. The molecule has 0 amide bonds. The van der Waals surface area contributed by atoms with E-state index in [0.717, 1.165) is 31.4 Å². The molecule has 0 saturated heterocycles. The van der Waals surface area contributed by atoms with Crippen molar-refractivity contribution >= 4 is 0 Å². The SMILES string of the molecule is CC(O)CCCCN(C)C(C)c1ccccc1F. The zero-order valence-corrected chi connectivity index (χ0v) is 11.6. The van der Waals surface area contributed by atoms with Gasteiger partial charge in [0, 0.05) is 11.6 Å². The van der Waals surface area contributed by atoms with Gasteiger partial charge in [0.05, 0.1) is 6.10 Å². The summed E-state index contributed by atoms with van der Waals surface area (Å²) in [6.07, 6.45) is 2.65. The first kappa shape index (κ1) is 15.1. The predicted octanol–water partition coefficient (Wildman–Crippen LogP) is 3.37. The molecule has 0 bridgehead atoms. The Bertz CT molecular complexity index is 354. The van der Waals surface area contributed by atoms with Crippen molar-refractivity contribution in [3.8, 4) is 0 Å². The van der Waals surface area contributed by atoms with E-state index in [1.165, 1.54) is 6.07 Å². The second kappa shape index (κ2) is 7.49. The van der Waals surface area contributed by atoms with Crippen LogP contribution in [-0.4, -0.2) is 29.7 Å². The van der Waals surface area contributed by atoms with E-state index in [0.29, 0.717) is 0 Å². The van der Waals surface area contributed by atoms with Crippen LogP contribution in [0.15, 0.2) is 24.3 Å². The van der Waals surface area contributed by atoms with Crippen molar-refractivity contribution in [1.82, 2.24) is 4.90 Å². The van der Waals surface area contributed by atoms with Crippen LogP contribution in [0.4, 0.5) is 4.39 Å². The number of aliphatic hydroxyl groups excluding tert-OH is 1. The molecule has 0 aliphatic rings. The molecule has 18 heavy (non-hydrogen) atoms. The molecule has 1 N–H and O–H groups in total. The van der Waals surface area contributed by atoms with Crippen LogP contribution in [0.5, 0.6) is 0 Å². The number of hydrogen-bond acceptors (Lipinski definition) is 2. The second-order valence-corrected chi connectivity index (χ2v) is 5.02. The van der Waals surface area contributed by atoms with Crippen LogP contribution < -0.4 is 0 Å². The quantitative estimate of drug-likeness (QED) is 0.753. The van der Waals surface area contributed by atoms with Gasteiger partial charge in [0.1, 0.15) is 5.82 Å². The third-order valence-electron chi connectivity index (χ3n) is 3.40. The molecule has 0 aliphatic heterocycles. The fraction of sp³-hybridized carbons (Fsp3) is 0.600. The lowest BCUT2D eigenvalue weighted by Gasteiger charge is -2.25. The maximum Gasteiger partial charge on any atom is 0.127 e. The van der Waals surface area contributed by atoms with Gasteiger partial charge >= 0.3 is 0 Å². The minimum Gasteiger partial charge on any atom is -0.393 e. The summed E-state index contributed by atoms with van der Waals surface area (Å²) in [4.78, 5) is 2.15. The Labute approximate surface area is 109 Å². The van der Waals surface area contributed by atoms with Crippen LogP contribution in [0.1, 0.15) is 44.7 Å². The lowest BCUT2D eigenvalue weighted by Crippen LogP contribution is -2.24. The van der Waals surface area contributed by atoms with Crippen LogP contribution in [0.2, 0.25) is 0 Å². The van der Waals surface area contributed by atoms with Gasteiger partial charge in [-0.25, -0.2) is 4.39 Å². The van der Waals surface area contributed by atoms with Crippen molar-refractivity contribution in [2.45, 2.75) is 45.3 Å². The standard InChI is InChI=1S/C15H24FNO/c1-12(18)8-6-7-11-17(3)13(2)14-9-4-5-10-15(14)16/h4-5,9-10,12-13,18H,6-8,11H2,1-3H3. The lowest BCUT2D eigenvalue weighted by atomic mass is 10.1. The van der Waals surface area contributed by atoms with Crippen molar-refractivity contribution in [2.24, 2.45) is 0 Å². The Morgan fingerprint density at radius 3 is 2.50 bits per heavy atom. The summed E-state index contributed by atoms with van der Waals surface area (Å²) in [6.45, 7) is 4.75. The largest absolute Gasteiger partial charge is 0.393 e. The van der Waals surface area contributed by atoms with Crippen LogP contribution in [0, 0.1) is 5.82 Å². The van der Waals surface area contributed by atoms with E-state index in [4.69, 9.17) is 0 Å². The first-order valence-corrected chi connectivity index (χ1v) is 6.65. The van der Waals surface area contributed by atoms with Crippen molar-refractivity contribution in [3.05, 3.63) is 35.6 Å². The molecule has 1 rings (SSSR count). The molecular formula is C15H24FNO. The van der Waals surface area contributed by atoms with Crippen molar-refractivity contribution in [2.75, 3.05) is 13.6 Å². The highest BCUT2D eigenvalue weighted by atomic mass is 19.1. The highest BCUT2D eigenvalue weighted by Crippen LogP contribution is 2.21. The average molecular weight is 253 g/mol. The molecule has 1 aromatic carbocycles. The summed E-state index contributed by atoms with van der Waals surface area (Å²) in [5.74, 6) is -0.138. The van der Waals surface area contributed by atoms with Crippen LogP contribution in [0.25, 0.3) is 0 Å². The Balaban J connectivity index is 2.42. The third-order valence-corrected chi connectivity index (χ3v) is 3.40. The number of aliphatic hydroxyl groups is 1. The summed E-state index contributed by atoms with van der Waals surface area (Å²) in [6, 6.07) is 7.02. The Hall–Kier alpha value is -0.930. The van der Waals surface area contributed by atoms with Gasteiger partial charge in [0.15, 0.2) is 0 Å². The maximum atomic E-state index is 13.6. The first-order valence-electron chi connectivity index (χ1n) is 6.65. The lowest BCUT2D eigenvalue weighted by molar-refractivity contribution is 0.175. The molecule has 2 nitrogen and oxygen atoms in total.